The van der Waals surface area contributed by atoms with Gasteiger partial charge in [-0.05, 0) is 23.6 Å². The summed E-state index contributed by atoms with van der Waals surface area (Å²) in [4.78, 5) is 23.1. The van der Waals surface area contributed by atoms with Crippen LogP contribution >= 0.6 is 11.3 Å². The van der Waals surface area contributed by atoms with Crippen LogP contribution in [-0.2, 0) is 4.79 Å². The van der Waals surface area contributed by atoms with Crippen molar-refractivity contribution in [1.82, 2.24) is 0 Å². The molecule has 7 nitrogen and oxygen atoms in total. The minimum Gasteiger partial charge on any atom is -0.490 e. The van der Waals surface area contributed by atoms with Gasteiger partial charge in [0.25, 0.3) is 0 Å². The van der Waals surface area contributed by atoms with Crippen molar-refractivity contribution in [1.29, 1.82) is 0 Å². The van der Waals surface area contributed by atoms with Crippen LogP contribution in [-0.4, -0.2) is 17.9 Å². The summed E-state index contributed by atoms with van der Waals surface area (Å²) in [6.45, 7) is 0. The number of carbonyl (C=O) groups excluding carboxylic acids is 1. The Labute approximate surface area is 124 Å². The Morgan fingerprint density at radius 2 is 2.24 bits per heavy atom. The number of nitrogens with two attached hydrogens (primary N) is 1. The summed E-state index contributed by atoms with van der Waals surface area (Å²) >= 11 is 1.37. The number of thiophene rings is 1. The molecule has 1 atom stereocenters. The lowest BCUT2D eigenvalue weighted by molar-refractivity contribution is -0.385. The van der Waals surface area contributed by atoms with Crippen molar-refractivity contribution in [2.45, 2.75) is 6.04 Å². The summed E-state index contributed by atoms with van der Waals surface area (Å²) in [5.74, 6) is -0.308. The number of hydrogen-bond acceptors (Lipinski definition) is 6. The molecule has 21 heavy (non-hydrogen) atoms. The molecule has 0 spiro atoms. The lowest BCUT2D eigenvalue weighted by Gasteiger charge is -2.11. The Morgan fingerprint density at radius 3 is 2.81 bits per heavy atom. The molecular weight excluding hydrogens is 294 g/mol. The molecular formula is C13H13N3O4S. The average Bonchev–Trinajstić information content (AvgIpc) is 3.00. The highest BCUT2D eigenvalue weighted by molar-refractivity contribution is 7.10. The number of nitrogens with zero attached hydrogens (tertiary/aromatic N) is 1. The first-order valence-corrected chi connectivity index (χ1v) is 6.83. The number of carbonyl (C=O) groups is 1. The fourth-order valence-electron chi connectivity index (χ4n) is 1.73. The fraction of sp³-hybridized carbons (Fsp3) is 0.154. The zero-order valence-corrected chi connectivity index (χ0v) is 11.9. The van der Waals surface area contributed by atoms with E-state index in [-0.39, 0.29) is 11.4 Å². The van der Waals surface area contributed by atoms with Crippen molar-refractivity contribution in [2.24, 2.45) is 5.73 Å². The predicted molar refractivity (Wildman–Crippen MR) is 79.5 cm³/mol. The van der Waals surface area contributed by atoms with Crippen molar-refractivity contribution in [3.8, 4) is 5.75 Å². The van der Waals surface area contributed by atoms with Crippen LogP contribution < -0.4 is 15.8 Å². The van der Waals surface area contributed by atoms with E-state index in [1.807, 2.05) is 5.38 Å². The number of hydrogen-bond donors (Lipinski definition) is 2. The number of nitro benzene ring substituents is 1. The van der Waals surface area contributed by atoms with Crippen LogP contribution in [0.1, 0.15) is 10.9 Å². The molecule has 0 aliphatic rings. The summed E-state index contributed by atoms with van der Waals surface area (Å²) in [5, 5.41) is 15.3. The number of amides is 1. The minimum absolute atomic E-state index is 0.126. The highest BCUT2D eigenvalue weighted by Crippen LogP contribution is 2.30. The third kappa shape index (κ3) is 3.36. The number of methoxy groups -OCH3 is 1. The molecule has 0 radical (unpaired) electrons. The molecule has 8 heteroatoms. The van der Waals surface area contributed by atoms with Crippen molar-refractivity contribution < 1.29 is 14.5 Å². The molecule has 0 aliphatic heterocycles. The van der Waals surface area contributed by atoms with Crippen LogP contribution in [0.4, 0.5) is 11.4 Å². The first-order chi connectivity index (χ1) is 10.0. The summed E-state index contributed by atoms with van der Waals surface area (Å²) in [5.41, 5.74) is 5.89. The van der Waals surface area contributed by atoms with Gasteiger partial charge in [0.1, 0.15) is 6.04 Å². The first kappa shape index (κ1) is 14.9. The number of nitro groups is 1. The standard InChI is InChI=1S/C13H13N3O4S/c1-20-10-5-4-8(7-9(10)16(18)19)15-13(17)12(14)11-3-2-6-21-11/h2-7,12H,14H2,1H3,(H,15,17). The van der Waals surface area contributed by atoms with Crippen molar-refractivity contribution in [3.05, 3.63) is 50.7 Å². The van der Waals surface area contributed by atoms with E-state index < -0.39 is 16.9 Å². The molecule has 110 valence electrons. The van der Waals surface area contributed by atoms with Gasteiger partial charge in [0, 0.05) is 16.6 Å². The summed E-state index contributed by atoms with van der Waals surface area (Å²) in [6, 6.07) is 6.91. The molecule has 3 N–H and O–H groups in total. The maximum atomic E-state index is 12.0. The molecule has 1 heterocycles. The molecule has 0 fully saturated rings. The second-order valence-corrected chi connectivity index (χ2v) is 5.11. The van der Waals surface area contributed by atoms with Crippen LogP contribution in [0.15, 0.2) is 35.7 Å². The Bertz CT molecular complexity index is 657. The summed E-state index contributed by atoms with van der Waals surface area (Å²) in [6.07, 6.45) is 0. The zero-order valence-electron chi connectivity index (χ0n) is 11.1. The lowest BCUT2D eigenvalue weighted by Crippen LogP contribution is -2.26. The smallest absolute Gasteiger partial charge is 0.312 e. The Balaban J connectivity index is 2.18. The van der Waals surface area contributed by atoms with Gasteiger partial charge in [-0.15, -0.1) is 11.3 Å². The van der Waals surface area contributed by atoms with E-state index in [0.29, 0.717) is 5.69 Å². The van der Waals surface area contributed by atoms with E-state index in [0.717, 1.165) is 4.88 Å². The maximum Gasteiger partial charge on any atom is 0.312 e. The topological polar surface area (TPSA) is 107 Å². The SMILES string of the molecule is COc1ccc(NC(=O)C(N)c2cccs2)cc1[N+](=O)[O-]. The Hall–Kier alpha value is -2.45. The molecule has 2 aromatic rings. The number of anilines is 1. The van der Waals surface area contributed by atoms with Crippen molar-refractivity contribution in [3.63, 3.8) is 0 Å². The molecule has 1 aromatic carbocycles. The molecule has 0 saturated carbocycles. The molecule has 2 rings (SSSR count). The quantitative estimate of drug-likeness (QED) is 0.651. The number of benzene rings is 1. The van der Waals surface area contributed by atoms with E-state index in [4.69, 9.17) is 10.5 Å². The van der Waals surface area contributed by atoms with Gasteiger partial charge in [0.2, 0.25) is 5.91 Å². The first-order valence-electron chi connectivity index (χ1n) is 5.95. The van der Waals surface area contributed by atoms with E-state index in [1.54, 1.807) is 12.1 Å². The van der Waals surface area contributed by atoms with Crippen LogP contribution in [0.5, 0.6) is 5.75 Å². The summed E-state index contributed by atoms with van der Waals surface area (Å²) < 4.78 is 4.90. The summed E-state index contributed by atoms with van der Waals surface area (Å²) in [7, 11) is 1.34. The molecule has 0 aliphatic carbocycles. The van der Waals surface area contributed by atoms with Crippen molar-refractivity contribution >= 4 is 28.6 Å². The lowest BCUT2D eigenvalue weighted by atomic mass is 10.2. The van der Waals surface area contributed by atoms with Crippen LogP contribution in [0.2, 0.25) is 0 Å². The molecule has 1 amide bonds. The second-order valence-electron chi connectivity index (χ2n) is 4.13. The Kier molecular flexibility index (Phi) is 4.51. The van der Waals surface area contributed by atoms with Gasteiger partial charge in [0.05, 0.1) is 12.0 Å². The number of ether oxygens (including phenoxy) is 1. The van der Waals surface area contributed by atoms with Crippen LogP contribution in [0.3, 0.4) is 0 Å². The van der Waals surface area contributed by atoms with Crippen LogP contribution in [0, 0.1) is 10.1 Å². The van der Waals surface area contributed by atoms with E-state index in [1.165, 1.54) is 36.6 Å². The molecule has 0 bridgehead atoms. The average molecular weight is 307 g/mol. The van der Waals surface area contributed by atoms with Gasteiger partial charge < -0.3 is 15.8 Å². The van der Waals surface area contributed by atoms with Gasteiger partial charge in [0.15, 0.2) is 5.75 Å². The minimum atomic E-state index is -0.814. The van der Waals surface area contributed by atoms with E-state index in [2.05, 4.69) is 5.32 Å². The van der Waals surface area contributed by atoms with Crippen molar-refractivity contribution in [2.75, 3.05) is 12.4 Å². The van der Waals surface area contributed by atoms with Gasteiger partial charge in [-0.3, -0.25) is 14.9 Å². The maximum absolute atomic E-state index is 12.0. The molecule has 1 unspecified atom stereocenters. The fourth-order valence-corrected chi connectivity index (χ4v) is 2.45. The zero-order chi connectivity index (χ0) is 15.4. The van der Waals surface area contributed by atoms with Gasteiger partial charge >= 0.3 is 5.69 Å². The highest BCUT2D eigenvalue weighted by Gasteiger charge is 2.19. The van der Waals surface area contributed by atoms with Crippen LogP contribution in [0.25, 0.3) is 0 Å². The Morgan fingerprint density at radius 1 is 1.48 bits per heavy atom. The number of nitrogens with one attached hydrogen (secondary N) is 1. The monoisotopic (exact) mass is 307 g/mol. The largest absolute Gasteiger partial charge is 0.490 e. The normalized spacial score (nSPS) is 11.7. The van der Waals surface area contributed by atoms with Gasteiger partial charge in [-0.2, -0.15) is 0 Å². The number of rotatable bonds is 5. The third-order valence-electron chi connectivity index (χ3n) is 2.78. The third-order valence-corrected chi connectivity index (χ3v) is 3.73. The van der Waals surface area contributed by atoms with E-state index in [9.17, 15) is 14.9 Å². The predicted octanol–water partition coefficient (Wildman–Crippen LogP) is 2.30. The van der Waals surface area contributed by atoms with E-state index >= 15 is 0 Å². The molecule has 1 aromatic heterocycles. The van der Waals surface area contributed by atoms with Gasteiger partial charge in [-0.1, -0.05) is 6.07 Å². The highest BCUT2D eigenvalue weighted by atomic mass is 32.1. The molecule has 0 saturated heterocycles. The second kappa shape index (κ2) is 6.33. The van der Waals surface area contributed by atoms with Gasteiger partial charge in [-0.25, -0.2) is 0 Å².